The van der Waals surface area contributed by atoms with Gasteiger partial charge in [0.2, 0.25) is 5.91 Å². The molecule has 9 heteroatoms. The fourth-order valence-corrected chi connectivity index (χ4v) is 12.1. The van der Waals surface area contributed by atoms with Gasteiger partial charge in [0.25, 0.3) is 0 Å². The van der Waals surface area contributed by atoms with Crippen LogP contribution in [0.1, 0.15) is 59.8 Å². The average molecular weight is 686 g/mol. The van der Waals surface area contributed by atoms with Crippen LogP contribution in [-0.4, -0.2) is 52.0 Å². The maximum atomic E-state index is 14.4. The number of thioether (sulfide) groups is 1. The van der Waals surface area contributed by atoms with Gasteiger partial charge in [-0.15, -0.1) is 11.8 Å². The number of Topliss-reactive ketones (excluding diaryl/α,β-unsaturated/α-hetero) is 1. The van der Waals surface area contributed by atoms with Gasteiger partial charge in [0.05, 0.1) is 11.8 Å². The van der Waals surface area contributed by atoms with Gasteiger partial charge < -0.3 is 9.47 Å². The Bertz CT molecular complexity index is 1600. The van der Waals surface area contributed by atoms with Gasteiger partial charge in [0, 0.05) is 13.0 Å². The molecule has 1 aliphatic carbocycles. The topological polar surface area (TPSA) is 90.0 Å². The molecule has 252 valence electrons. The molecule has 1 saturated heterocycles. The standard InChI is InChI=1S/C39H44NO6PS/c1-28(2)39(4)23-14-15-30(26-39)46-36(43)22-24-48-35-25-34(42)40(35)37(38(44)45-27-29(3)41)47(31-16-8-5-9-17-31,32-18-10-6-11-19-32)33-20-12-7-13-21-33/h5-13,16-22,24,28,30,35H,14-15,23,25-27H2,1-4H3/t30?,35-,39?/m0/s1. The van der Waals surface area contributed by atoms with E-state index in [1.54, 1.807) is 5.41 Å². The molecule has 0 N–H and O–H groups in total. The van der Waals surface area contributed by atoms with Crippen molar-refractivity contribution in [1.29, 1.82) is 0 Å². The second kappa shape index (κ2) is 15.6. The van der Waals surface area contributed by atoms with Crippen LogP contribution in [0.25, 0.3) is 0 Å². The summed E-state index contributed by atoms with van der Waals surface area (Å²) in [4.78, 5) is 54.5. The van der Waals surface area contributed by atoms with Crippen LogP contribution >= 0.6 is 18.6 Å². The molecular formula is C39H44NO6PS. The van der Waals surface area contributed by atoms with E-state index in [0.29, 0.717) is 5.92 Å². The molecule has 2 fully saturated rings. The molecule has 0 aromatic heterocycles. The van der Waals surface area contributed by atoms with Crippen molar-refractivity contribution in [2.24, 2.45) is 11.3 Å². The lowest BCUT2D eigenvalue weighted by molar-refractivity contribution is -0.147. The lowest BCUT2D eigenvalue weighted by Gasteiger charge is -2.44. The van der Waals surface area contributed by atoms with E-state index in [9.17, 15) is 19.2 Å². The highest BCUT2D eigenvalue weighted by atomic mass is 32.2. The summed E-state index contributed by atoms with van der Waals surface area (Å²) < 4.78 is 11.5. The molecule has 3 atom stereocenters. The third-order valence-corrected chi connectivity index (χ3v) is 14.8. The number of esters is 2. The number of benzene rings is 3. The molecule has 0 spiro atoms. The number of hydrogen-bond acceptors (Lipinski definition) is 7. The summed E-state index contributed by atoms with van der Waals surface area (Å²) in [5.41, 5.74) is 0.344. The lowest BCUT2D eigenvalue weighted by Crippen LogP contribution is -2.58. The van der Waals surface area contributed by atoms with Gasteiger partial charge in [0.15, 0.2) is 5.78 Å². The van der Waals surface area contributed by atoms with Crippen LogP contribution in [0.4, 0.5) is 0 Å². The highest BCUT2D eigenvalue weighted by Crippen LogP contribution is 2.49. The molecule has 0 bridgehead atoms. The van der Waals surface area contributed by atoms with E-state index < -0.39 is 30.8 Å². The number of hydrogen-bond donors (Lipinski definition) is 0. The molecule has 3 aromatic carbocycles. The Balaban J connectivity index is 1.56. The van der Waals surface area contributed by atoms with Crippen LogP contribution in [0.15, 0.2) is 102 Å². The molecule has 1 amide bonds. The SMILES string of the molecule is CC(=O)COC(=O)C(N1C(=O)C[C@@H]1SC=CC(=O)OC1CCCC(C)(C(C)C)C1)=P(c1ccccc1)(c1ccccc1)c1ccccc1. The largest absolute Gasteiger partial charge is 0.459 e. The summed E-state index contributed by atoms with van der Waals surface area (Å²) in [6.45, 7) is 4.59. The van der Waals surface area contributed by atoms with Crippen molar-refractivity contribution in [2.45, 2.75) is 71.3 Å². The Labute approximate surface area is 288 Å². The second-order valence-electron chi connectivity index (χ2n) is 13.1. The Hall–Kier alpha value is -3.87. The molecule has 2 aliphatic rings. The van der Waals surface area contributed by atoms with Gasteiger partial charge in [-0.2, -0.15) is 0 Å². The molecule has 3 aromatic rings. The van der Waals surface area contributed by atoms with Crippen LogP contribution in [0, 0.1) is 11.3 Å². The third-order valence-electron chi connectivity index (χ3n) is 9.56. The Kier molecular flexibility index (Phi) is 11.5. The van der Waals surface area contributed by atoms with Gasteiger partial charge in [-0.3, -0.25) is 14.5 Å². The summed E-state index contributed by atoms with van der Waals surface area (Å²) in [6.07, 6.45) is 5.30. The van der Waals surface area contributed by atoms with Gasteiger partial charge in [-0.25, -0.2) is 9.59 Å². The predicted octanol–water partition coefficient (Wildman–Crippen LogP) is 6.20. The van der Waals surface area contributed by atoms with Gasteiger partial charge >= 0.3 is 11.9 Å². The maximum absolute atomic E-state index is 14.4. The molecular weight excluding hydrogens is 641 g/mol. The maximum Gasteiger partial charge on any atom is 0.356 e. The van der Waals surface area contributed by atoms with Crippen molar-refractivity contribution in [1.82, 2.24) is 4.90 Å². The van der Waals surface area contributed by atoms with E-state index in [4.69, 9.17) is 9.47 Å². The number of carbonyl (C=O) groups is 4. The number of likely N-dealkylation sites (tertiary alicyclic amines) is 1. The van der Waals surface area contributed by atoms with Gasteiger partial charge in [-0.05, 0) is 65.3 Å². The Morgan fingerprint density at radius 3 is 1.96 bits per heavy atom. The summed E-state index contributed by atoms with van der Waals surface area (Å²) in [5, 5.41) is 3.76. The van der Waals surface area contributed by atoms with Crippen molar-refractivity contribution in [3.63, 3.8) is 0 Å². The lowest BCUT2D eigenvalue weighted by atomic mass is 9.67. The highest BCUT2D eigenvalue weighted by Gasteiger charge is 2.47. The van der Waals surface area contributed by atoms with Crippen molar-refractivity contribution in [2.75, 3.05) is 6.61 Å². The molecule has 48 heavy (non-hydrogen) atoms. The fourth-order valence-electron chi connectivity index (χ4n) is 6.62. The van der Waals surface area contributed by atoms with Crippen molar-refractivity contribution in [3.8, 4) is 0 Å². The van der Waals surface area contributed by atoms with Crippen molar-refractivity contribution >= 4 is 63.6 Å². The van der Waals surface area contributed by atoms with E-state index in [1.165, 1.54) is 29.7 Å². The van der Waals surface area contributed by atoms with Crippen LogP contribution in [-0.2, 0) is 28.7 Å². The molecule has 0 radical (unpaired) electrons. The molecule has 2 unspecified atom stereocenters. The first-order chi connectivity index (χ1) is 23.1. The predicted molar refractivity (Wildman–Crippen MR) is 195 cm³/mol. The highest BCUT2D eigenvalue weighted by molar-refractivity contribution is 8.03. The quantitative estimate of drug-likeness (QED) is 0.0972. The Morgan fingerprint density at radius 2 is 1.48 bits per heavy atom. The van der Waals surface area contributed by atoms with Crippen molar-refractivity contribution < 1.29 is 28.7 Å². The zero-order chi connectivity index (χ0) is 34.3. The van der Waals surface area contributed by atoms with E-state index in [-0.39, 0.29) is 35.0 Å². The second-order valence-corrected chi connectivity index (χ2v) is 17.5. The summed E-state index contributed by atoms with van der Waals surface area (Å²) in [6, 6.07) is 29.1. The minimum atomic E-state index is -3.06. The minimum absolute atomic E-state index is 0.126. The normalized spacial score (nSPS) is 21.1. The molecule has 1 heterocycles. The molecule has 1 aliphatic heterocycles. The number of nitrogens with zero attached hydrogens (tertiary/aromatic N) is 1. The first kappa shape index (κ1) is 35.4. The summed E-state index contributed by atoms with van der Waals surface area (Å²) >= 11 is 1.29. The first-order valence-electron chi connectivity index (χ1n) is 16.5. The number of carbonyl (C=O) groups excluding carboxylic acids is 4. The van der Waals surface area contributed by atoms with E-state index >= 15 is 0 Å². The zero-order valence-electron chi connectivity index (χ0n) is 28.0. The fraction of sp³-hybridized carbons (Fsp3) is 0.359. The number of ketones is 1. The van der Waals surface area contributed by atoms with Crippen LogP contribution in [0.2, 0.25) is 0 Å². The Morgan fingerprint density at radius 1 is 0.938 bits per heavy atom. The van der Waals surface area contributed by atoms with Gasteiger partial charge in [0.1, 0.15) is 18.1 Å². The van der Waals surface area contributed by atoms with E-state index in [1.807, 2.05) is 91.0 Å². The first-order valence-corrected chi connectivity index (χ1v) is 19.2. The summed E-state index contributed by atoms with van der Waals surface area (Å²) in [7, 11) is 0. The van der Waals surface area contributed by atoms with E-state index in [0.717, 1.165) is 41.6 Å². The third kappa shape index (κ3) is 7.55. The smallest absolute Gasteiger partial charge is 0.356 e. The zero-order valence-corrected chi connectivity index (χ0v) is 29.8. The minimum Gasteiger partial charge on any atom is -0.459 e. The number of rotatable bonds is 12. The van der Waals surface area contributed by atoms with Crippen molar-refractivity contribution in [3.05, 3.63) is 102 Å². The number of amides is 1. The van der Waals surface area contributed by atoms with Crippen LogP contribution in [0.3, 0.4) is 0 Å². The van der Waals surface area contributed by atoms with Crippen LogP contribution < -0.4 is 15.9 Å². The van der Waals surface area contributed by atoms with E-state index in [2.05, 4.69) is 20.8 Å². The number of ether oxygens (including phenoxy) is 2. The molecule has 7 nitrogen and oxygen atoms in total. The molecule has 1 saturated carbocycles. The number of β-lactam (4-membered cyclic amide) rings is 1. The monoisotopic (exact) mass is 685 g/mol. The van der Waals surface area contributed by atoms with Crippen LogP contribution in [0.5, 0.6) is 0 Å². The summed E-state index contributed by atoms with van der Waals surface area (Å²) in [5.74, 6) is -1.18. The average Bonchev–Trinajstić information content (AvgIpc) is 3.08. The molecule has 5 rings (SSSR count). The van der Waals surface area contributed by atoms with Gasteiger partial charge in [-0.1, -0.05) is 112 Å².